The summed E-state index contributed by atoms with van der Waals surface area (Å²) >= 11 is 1.46. The van der Waals surface area contributed by atoms with Crippen molar-refractivity contribution in [2.45, 2.75) is 6.92 Å². The molecule has 0 fully saturated rings. The number of thiazole rings is 1. The van der Waals surface area contributed by atoms with Crippen LogP contribution in [-0.2, 0) is 0 Å². The highest BCUT2D eigenvalue weighted by molar-refractivity contribution is 7.13. The molecule has 1 amide bonds. The van der Waals surface area contributed by atoms with E-state index in [0.29, 0.717) is 22.6 Å². The number of aryl methyl sites for hydroxylation is 1. The Balaban J connectivity index is 1.57. The van der Waals surface area contributed by atoms with E-state index in [1.807, 2.05) is 36.6 Å². The highest BCUT2D eigenvalue weighted by Crippen LogP contribution is 2.31. The maximum absolute atomic E-state index is 12.4. The van der Waals surface area contributed by atoms with Crippen LogP contribution in [0.5, 0.6) is 0 Å². The predicted molar refractivity (Wildman–Crippen MR) is 110 cm³/mol. The van der Waals surface area contributed by atoms with Gasteiger partial charge in [0, 0.05) is 34.7 Å². The van der Waals surface area contributed by atoms with Crippen LogP contribution in [0, 0.1) is 6.92 Å². The van der Waals surface area contributed by atoms with Gasteiger partial charge in [0.1, 0.15) is 17.2 Å². The third kappa shape index (κ3) is 3.72. The first-order valence-electron chi connectivity index (χ1n) is 8.46. The summed E-state index contributed by atoms with van der Waals surface area (Å²) in [5.74, 6) is 0.182. The van der Waals surface area contributed by atoms with Gasteiger partial charge >= 0.3 is 0 Å². The van der Waals surface area contributed by atoms with E-state index in [9.17, 15) is 4.79 Å². The largest absolute Gasteiger partial charge is 0.383 e. The molecule has 7 nitrogen and oxygen atoms in total. The molecule has 3 aromatic heterocycles. The Kier molecular flexibility index (Phi) is 4.77. The van der Waals surface area contributed by atoms with Crippen molar-refractivity contribution in [2.75, 3.05) is 11.1 Å². The molecule has 4 rings (SSSR count). The summed E-state index contributed by atoms with van der Waals surface area (Å²) in [6.45, 7) is 1.88. The number of nitrogens with zero attached hydrogens (tertiary/aromatic N) is 4. The Bertz CT molecular complexity index is 1140. The van der Waals surface area contributed by atoms with E-state index >= 15 is 0 Å². The van der Waals surface area contributed by atoms with Crippen LogP contribution >= 0.6 is 11.3 Å². The number of rotatable bonds is 4. The maximum atomic E-state index is 12.4. The summed E-state index contributed by atoms with van der Waals surface area (Å²) in [6, 6.07) is 11.1. The summed E-state index contributed by atoms with van der Waals surface area (Å²) in [5, 5.41) is 5.57. The molecule has 3 N–H and O–H groups in total. The molecule has 0 radical (unpaired) electrons. The fourth-order valence-electron chi connectivity index (χ4n) is 2.60. The maximum Gasteiger partial charge on any atom is 0.257 e. The second-order valence-electron chi connectivity index (χ2n) is 6.08. The molecular formula is C20H16N6OS. The van der Waals surface area contributed by atoms with E-state index in [2.05, 4.69) is 25.3 Å². The number of hydrogen-bond donors (Lipinski definition) is 2. The second-order valence-corrected chi connectivity index (χ2v) is 6.94. The van der Waals surface area contributed by atoms with Crippen LogP contribution in [0.25, 0.3) is 21.8 Å². The molecule has 0 bridgehead atoms. The normalized spacial score (nSPS) is 10.6. The van der Waals surface area contributed by atoms with Crippen LogP contribution in [0.2, 0.25) is 0 Å². The Morgan fingerprint density at radius 3 is 2.82 bits per heavy atom. The zero-order valence-corrected chi connectivity index (χ0v) is 15.8. The summed E-state index contributed by atoms with van der Waals surface area (Å²) in [6.07, 6.45) is 4.62. The number of aromatic nitrogens is 4. The number of anilines is 2. The molecule has 4 aromatic rings. The molecule has 0 atom stereocenters. The van der Waals surface area contributed by atoms with Gasteiger partial charge in [-0.15, -0.1) is 11.3 Å². The van der Waals surface area contributed by atoms with Gasteiger partial charge in [0.15, 0.2) is 0 Å². The SMILES string of the molecule is Cc1ccc(C(=O)Nc2cccc(-c3csc(-c4cncnc4N)n3)c2)cn1. The molecule has 138 valence electrons. The minimum absolute atomic E-state index is 0.210. The van der Waals surface area contributed by atoms with Crippen molar-refractivity contribution >= 4 is 28.7 Å². The van der Waals surface area contributed by atoms with Crippen molar-refractivity contribution < 1.29 is 4.79 Å². The van der Waals surface area contributed by atoms with E-state index in [1.54, 1.807) is 24.5 Å². The summed E-state index contributed by atoms with van der Waals surface area (Å²) in [4.78, 5) is 29.2. The van der Waals surface area contributed by atoms with E-state index in [1.165, 1.54) is 17.7 Å². The number of benzene rings is 1. The van der Waals surface area contributed by atoms with E-state index in [0.717, 1.165) is 22.0 Å². The Labute approximate surface area is 165 Å². The molecule has 8 heteroatoms. The molecule has 0 spiro atoms. The van der Waals surface area contributed by atoms with Gasteiger partial charge in [0.2, 0.25) is 0 Å². The lowest BCUT2D eigenvalue weighted by Gasteiger charge is -2.07. The van der Waals surface area contributed by atoms with Crippen molar-refractivity contribution in [1.82, 2.24) is 19.9 Å². The lowest BCUT2D eigenvalue weighted by molar-refractivity contribution is 0.102. The third-order valence-electron chi connectivity index (χ3n) is 4.07. The van der Waals surface area contributed by atoms with Crippen molar-refractivity contribution in [3.63, 3.8) is 0 Å². The number of hydrogen-bond acceptors (Lipinski definition) is 7. The lowest BCUT2D eigenvalue weighted by Crippen LogP contribution is -2.12. The quantitative estimate of drug-likeness (QED) is 0.551. The van der Waals surface area contributed by atoms with E-state index in [-0.39, 0.29) is 5.91 Å². The Morgan fingerprint density at radius 1 is 1.14 bits per heavy atom. The van der Waals surface area contributed by atoms with Gasteiger partial charge in [-0.1, -0.05) is 12.1 Å². The summed E-state index contributed by atoms with van der Waals surface area (Å²) < 4.78 is 0. The molecule has 3 heterocycles. The monoisotopic (exact) mass is 388 g/mol. The van der Waals surface area contributed by atoms with Crippen LogP contribution in [-0.4, -0.2) is 25.8 Å². The second kappa shape index (κ2) is 7.53. The van der Waals surface area contributed by atoms with Crippen LogP contribution in [0.3, 0.4) is 0 Å². The van der Waals surface area contributed by atoms with Gasteiger partial charge in [0.05, 0.1) is 16.8 Å². The van der Waals surface area contributed by atoms with Crippen molar-refractivity contribution in [3.8, 4) is 21.8 Å². The minimum Gasteiger partial charge on any atom is -0.383 e. The number of amides is 1. The molecular weight excluding hydrogens is 372 g/mol. The first kappa shape index (κ1) is 17.7. The van der Waals surface area contributed by atoms with Crippen LogP contribution in [0.15, 0.2) is 60.5 Å². The van der Waals surface area contributed by atoms with Crippen molar-refractivity contribution in [2.24, 2.45) is 0 Å². The molecule has 0 aliphatic carbocycles. The number of nitrogens with one attached hydrogen (secondary N) is 1. The fourth-order valence-corrected chi connectivity index (χ4v) is 3.44. The zero-order valence-electron chi connectivity index (χ0n) is 15.0. The average molecular weight is 388 g/mol. The van der Waals surface area contributed by atoms with Gasteiger partial charge in [-0.3, -0.25) is 9.78 Å². The van der Waals surface area contributed by atoms with Gasteiger partial charge in [-0.05, 0) is 31.2 Å². The van der Waals surface area contributed by atoms with Gasteiger partial charge in [-0.2, -0.15) is 0 Å². The van der Waals surface area contributed by atoms with E-state index < -0.39 is 0 Å². The lowest BCUT2D eigenvalue weighted by atomic mass is 10.1. The first-order chi connectivity index (χ1) is 13.6. The number of pyridine rings is 1. The number of nitrogens with two attached hydrogens (primary N) is 1. The molecule has 0 saturated heterocycles. The average Bonchev–Trinajstić information content (AvgIpc) is 3.19. The molecule has 0 unspecified atom stereocenters. The smallest absolute Gasteiger partial charge is 0.257 e. The summed E-state index contributed by atoms with van der Waals surface area (Å²) in [5.41, 5.74) is 10.3. The molecule has 0 aliphatic rings. The van der Waals surface area contributed by atoms with E-state index in [4.69, 9.17) is 5.73 Å². The number of carbonyl (C=O) groups is 1. The first-order valence-corrected chi connectivity index (χ1v) is 9.34. The zero-order chi connectivity index (χ0) is 19.5. The molecule has 0 aliphatic heterocycles. The number of carbonyl (C=O) groups excluding carboxylic acids is 1. The van der Waals surface area contributed by atoms with Crippen molar-refractivity contribution in [1.29, 1.82) is 0 Å². The Morgan fingerprint density at radius 2 is 2.04 bits per heavy atom. The Hall–Kier alpha value is -3.65. The van der Waals surface area contributed by atoms with Gasteiger partial charge in [0.25, 0.3) is 5.91 Å². The van der Waals surface area contributed by atoms with Crippen molar-refractivity contribution in [3.05, 3.63) is 71.8 Å². The fraction of sp³-hybridized carbons (Fsp3) is 0.0500. The number of nitrogen functional groups attached to an aromatic ring is 1. The predicted octanol–water partition coefficient (Wildman–Crippen LogP) is 3.81. The third-order valence-corrected chi connectivity index (χ3v) is 4.94. The molecule has 0 saturated carbocycles. The van der Waals surface area contributed by atoms with Crippen LogP contribution < -0.4 is 11.1 Å². The molecule has 28 heavy (non-hydrogen) atoms. The summed E-state index contributed by atoms with van der Waals surface area (Å²) in [7, 11) is 0. The van der Waals surface area contributed by atoms with Gasteiger partial charge < -0.3 is 11.1 Å². The molecule has 1 aromatic carbocycles. The standard InChI is InChI=1S/C20H16N6OS/c1-12-5-6-14(8-23-12)19(27)25-15-4-2-3-13(7-15)17-10-28-20(26-17)16-9-22-11-24-18(16)21/h2-11H,1H3,(H,25,27)(H2,21,22,24). The minimum atomic E-state index is -0.210. The topological polar surface area (TPSA) is 107 Å². The van der Waals surface area contributed by atoms with Crippen LogP contribution in [0.4, 0.5) is 11.5 Å². The highest BCUT2D eigenvalue weighted by atomic mass is 32.1. The van der Waals surface area contributed by atoms with Gasteiger partial charge in [-0.25, -0.2) is 15.0 Å². The van der Waals surface area contributed by atoms with Crippen LogP contribution in [0.1, 0.15) is 16.1 Å². The highest BCUT2D eigenvalue weighted by Gasteiger charge is 2.12.